The van der Waals surface area contributed by atoms with Crippen LogP contribution in [-0.4, -0.2) is 27.4 Å². The number of nitrogens with zero attached hydrogens (tertiary/aromatic N) is 3. The van der Waals surface area contributed by atoms with E-state index in [1.807, 2.05) is 24.3 Å². The van der Waals surface area contributed by atoms with E-state index in [0.717, 1.165) is 14.8 Å². The van der Waals surface area contributed by atoms with Crippen LogP contribution in [-0.2, 0) is 6.54 Å². The molecule has 1 heterocycles. The third-order valence-corrected chi connectivity index (χ3v) is 4.81. The molecule has 0 aliphatic heterocycles. The summed E-state index contributed by atoms with van der Waals surface area (Å²) in [5.41, 5.74) is -0.159. The molecule has 0 bridgehead atoms. The zero-order chi connectivity index (χ0) is 22.5. The average Bonchev–Trinajstić information content (AvgIpc) is 2.83. The van der Waals surface area contributed by atoms with Crippen molar-refractivity contribution in [1.82, 2.24) is 14.3 Å². The molecule has 4 rings (SSSR count). The Kier molecular flexibility index (Phi) is 5.94. The van der Waals surface area contributed by atoms with Crippen LogP contribution in [0, 0.1) is 0 Å². The van der Waals surface area contributed by atoms with E-state index < -0.39 is 17.2 Å². The lowest BCUT2D eigenvalue weighted by Gasteiger charge is -2.13. The first kappa shape index (κ1) is 20.8. The van der Waals surface area contributed by atoms with Gasteiger partial charge in [-0.25, -0.2) is 4.79 Å². The zero-order valence-corrected chi connectivity index (χ0v) is 17.3. The molecule has 0 unspecified atom stereocenters. The second-order valence-corrected chi connectivity index (χ2v) is 6.94. The molecule has 8 nitrogen and oxygen atoms in total. The van der Waals surface area contributed by atoms with Crippen LogP contribution in [0.4, 0.5) is 5.69 Å². The fourth-order valence-corrected chi connectivity index (χ4v) is 3.17. The quantitative estimate of drug-likeness (QED) is 0.510. The molecule has 160 valence electrons. The highest BCUT2D eigenvalue weighted by atomic mass is 16.5. The summed E-state index contributed by atoms with van der Waals surface area (Å²) in [6.07, 6.45) is 0. The molecule has 3 aromatic carbocycles. The van der Waals surface area contributed by atoms with Gasteiger partial charge in [0.25, 0.3) is 11.5 Å². The molecule has 0 fully saturated rings. The Hall–Kier alpha value is -4.46. The summed E-state index contributed by atoms with van der Waals surface area (Å²) in [6.45, 7) is 0.00278. The Morgan fingerprint density at radius 3 is 2.16 bits per heavy atom. The van der Waals surface area contributed by atoms with Gasteiger partial charge in [-0.2, -0.15) is 9.78 Å². The van der Waals surface area contributed by atoms with Gasteiger partial charge in [-0.1, -0.05) is 48.5 Å². The van der Waals surface area contributed by atoms with Crippen molar-refractivity contribution < 1.29 is 9.53 Å². The highest BCUT2D eigenvalue weighted by Crippen LogP contribution is 2.13. The second kappa shape index (κ2) is 9.13. The van der Waals surface area contributed by atoms with E-state index in [9.17, 15) is 14.4 Å². The fourth-order valence-electron chi connectivity index (χ4n) is 3.17. The van der Waals surface area contributed by atoms with E-state index in [2.05, 4.69) is 10.4 Å². The van der Waals surface area contributed by atoms with Gasteiger partial charge in [-0.15, -0.1) is 0 Å². The first-order valence-corrected chi connectivity index (χ1v) is 9.86. The number of rotatable bonds is 6. The van der Waals surface area contributed by atoms with Crippen molar-refractivity contribution in [3.63, 3.8) is 0 Å². The molecule has 0 atom stereocenters. The van der Waals surface area contributed by atoms with E-state index in [1.54, 1.807) is 60.7 Å². The van der Waals surface area contributed by atoms with Crippen molar-refractivity contribution >= 4 is 11.6 Å². The molecule has 8 heteroatoms. The van der Waals surface area contributed by atoms with Gasteiger partial charge in [-0.3, -0.25) is 14.2 Å². The van der Waals surface area contributed by atoms with Crippen molar-refractivity contribution in [3.05, 3.63) is 117 Å². The van der Waals surface area contributed by atoms with E-state index in [1.165, 1.54) is 7.11 Å². The third-order valence-electron chi connectivity index (χ3n) is 4.81. The topological polar surface area (TPSA) is 95.2 Å². The molecule has 0 aliphatic rings. The number of hydrogen-bond acceptors (Lipinski definition) is 5. The van der Waals surface area contributed by atoms with Gasteiger partial charge in [-0.05, 0) is 42.0 Å². The number of methoxy groups -OCH3 is 1. The molecular weight excluding hydrogens is 408 g/mol. The third kappa shape index (κ3) is 4.34. The number of aromatic nitrogens is 3. The SMILES string of the molecule is COc1ccc(-n2nc(C(=O)Nc3ccccc3)c(=O)n(Cc3ccccc3)c2=O)cc1. The van der Waals surface area contributed by atoms with Gasteiger partial charge < -0.3 is 10.1 Å². The Bertz CT molecular complexity index is 1350. The van der Waals surface area contributed by atoms with Crippen LogP contribution in [0.25, 0.3) is 5.69 Å². The molecule has 0 saturated heterocycles. The molecule has 0 aliphatic carbocycles. The van der Waals surface area contributed by atoms with Crippen molar-refractivity contribution in [2.24, 2.45) is 0 Å². The lowest BCUT2D eigenvalue weighted by molar-refractivity contribution is 0.101. The van der Waals surface area contributed by atoms with Gasteiger partial charge in [0.05, 0.1) is 19.3 Å². The molecule has 1 N–H and O–H groups in total. The van der Waals surface area contributed by atoms with Crippen LogP contribution in [0.2, 0.25) is 0 Å². The van der Waals surface area contributed by atoms with Crippen LogP contribution in [0.5, 0.6) is 5.75 Å². The number of nitrogens with one attached hydrogen (secondary N) is 1. The van der Waals surface area contributed by atoms with E-state index in [-0.39, 0.29) is 12.2 Å². The molecule has 4 aromatic rings. The first-order valence-electron chi connectivity index (χ1n) is 9.86. The number of ether oxygens (including phenoxy) is 1. The number of carbonyl (C=O) groups is 1. The first-order chi connectivity index (χ1) is 15.6. The molecular formula is C24H20N4O4. The molecule has 1 aromatic heterocycles. The van der Waals surface area contributed by atoms with Gasteiger partial charge >= 0.3 is 5.69 Å². The highest BCUT2D eigenvalue weighted by molar-refractivity contribution is 6.02. The fraction of sp³-hybridized carbons (Fsp3) is 0.0833. The molecule has 1 amide bonds. The average molecular weight is 428 g/mol. The minimum absolute atomic E-state index is 0.00278. The van der Waals surface area contributed by atoms with E-state index in [4.69, 9.17) is 4.74 Å². The van der Waals surface area contributed by atoms with Crippen LogP contribution < -0.4 is 21.3 Å². The summed E-state index contributed by atoms with van der Waals surface area (Å²) in [4.78, 5) is 39.2. The van der Waals surface area contributed by atoms with Gasteiger partial charge in [0.15, 0.2) is 0 Å². The number of amides is 1. The summed E-state index contributed by atoms with van der Waals surface area (Å²) in [5, 5.41) is 6.77. The number of carbonyl (C=O) groups excluding carboxylic acids is 1. The largest absolute Gasteiger partial charge is 0.497 e. The Balaban J connectivity index is 1.84. The van der Waals surface area contributed by atoms with E-state index in [0.29, 0.717) is 17.1 Å². The summed E-state index contributed by atoms with van der Waals surface area (Å²) in [7, 11) is 1.53. The standard InChI is InChI=1S/C24H20N4O4/c1-32-20-14-12-19(13-15-20)28-24(31)27(16-17-8-4-2-5-9-17)23(30)21(26-28)22(29)25-18-10-6-3-7-11-18/h2-15H,16H2,1H3,(H,25,29). The number of para-hydroxylation sites is 1. The Labute approximate surface area is 183 Å². The molecule has 0 spiro atoms. The van der Waals surface area contributed by atoms with Crippen LogP contribution >= 0.6 is 0 Å². The molecule has 32 heavy (non-hydrogen) atoms. The number of anilines is 1. The van der Waals surface area contributed by atoms with Gasteiger partial charge in [0, 0.05) is 5.69 Å². The summed E-state index contributed by atoms with van der Waals surface area (Å²) < 4.78 is 7.21. The number of benzene rings is 3. The van der Waals surface area contributed by atoms with Crippen molar-refractivity contribution in [1.29, 1.82) is 0 Å². The Morgan fingerprint density at radius 1 is 0.906 bits per heavy atom. The Morgan fingerprint density at radius 2 is 1.53 bits per heavy atom. The van der Waals surface area contributed by atoms with Crippen LogP contribution in [0.1, 0.15) is 16.1 Å². The van der Waals surface area contributed by atoms with Crippen LogP contribution in [0.15, 0.2) is 94.5 Å². The molecule has 0 radical (unpaired) electrons. The van der Waals surface area contributed by atoms with Gasteiger partial charge in [0.2, 0.25) is 5.69 Å². The van der Waals surface area contributed by atoms with E-state index >= 15 is 0 Å². The maximum Gasteiger partial charge on any atom is 0.352 e. The minimum atomic E-state index is -0.767. The predicted molar refractivity (Wildman–Crippen MR) is 121 cm³/mol. The highest BCUT2D eigenvalue weighted by Gasteiger charge is 2.20. The van der Waals surface area contributed by atoms with Crippen molar-refractivity contribution in [2.75, 3.05) is 12.4 Å². The predicted octanol–water partition coefficient (Wildman–Crippen LogP) is 2.70. The van der Waals surface area contributed by atoms with Gasteiger partial charge in [0.1, 0.15) is 5.75 Å². The van der Waals surface area contributed by atoms with Crippen molar-refractivity contribution in [3.8, 4) is 11.4 Å². The zero-order valence-electron chi connectivity index (χ0n) is 17.3. The second-order valence-electron chi connectivity index (χ2n) is 6.94. The monoisotopic (exact) mass is 428 g/mol. The number of hydrogen-bond donors (Lipinski definition) is 1. The summed E-state index contributed by atoms with van der Waals surface area (Å²) >= 11 is 0. The maximum absolute atomic E-state index is 13.2. The van der Waals surface area contributed by atoms with Crippen LogP contribution in [0.3, 0.4) is 0 Å². The maximum atomic E-state index is 13.2. The lowest BCUT2D eigenvalue weighted by Crippen LogP contribution is -2.45. The molecule has 0 saturated carbocycles. The normalized spacial score (nSPS) is 10.5. The smallest absolute Gasteiger partial charge is 0.352 e. The summed E-state index contributed by atoms with van der Waals surface area (Å²) in [6, 6.07) is 24.4. The summed E-state index contributed by atoms with van der Waals surface area (Å²) in [5.74, 6) is -0.105. The minimum Gasteiger partial charge on any atom is -0.497 e. The van der Waals surface area contributed by atoms with Crippen molar-refractivity contribution in [2.45, 2.75) is 6.54 Å². The lowest BCUT2D eigenvalue weighted by atomic mass is 10.2.